The van der Waals surface area contributed by atoms with Crippen molar-refractivity contribution in [3.8, 4) is 17.0 Å². The molecule has 2 N–H and O–H groups in total. The molecule has 4 rings (SSSR count). The molecule has 6 heteroatoms. The molecule has 0 aliphatic carbocycles. The number of aromatic nitrogens is 2. The van der Waals surface area contributed by atoms with Gasteiger partial charge < -0.3 is 14.8 Å². The fourth-order valence-electron chi connectivity index (χ4n) is 3.20. The van der Waals surface area contributed by atoms with E-state index in [-0.39, 0.29) is 6.10 Å². The van der Waals surface area contributed by atoms with Crippen LogP contribution >= 0.6 is 0 Å². The van der Waals surface area contributed by atoms with Crippen LogP contribution in [-0.2, 0) is 4.74 Å². The summed E-state index contributed by atoms with van der Waals surface area (Å²) >= 11 is 0. The monoisotopic (exact) mass is 351 g/mol. The number of amides is 1. The summed E-state index contributed by atoms with van der Waals surface area (Å²) in [5.41, 5.74) is 3.76. The number of carbonyl (C=O) groups excluding carboxylic acids is 1. The van der Waals surface area contributed by atoms with E-state index in [0.717, 1.165) is 33.5 Å². The van der Waals surface area contributed by atoms with Crippen molar-refractivity contribution in [3.05, 3.63) is 48.0 Å². The largest absolute Gasteiger partial charge is 0.494 e. The molecule has 0 saturated carbocycles. The average molecular weight is 351 g/mol. The van der Waals surface area contributed by atoms with E-state index in [9.17, 15) is 4.79 Å². The zero-order chi connectivity index (χ0) is 17.9. The van der Waals surface area contributed by atoms with Gasteiger partial charge in [0.2, 0.25) is 0 Å². The molecule has 0 unspecified atom stereocenters. The fraction of sp³-hybridized carbons (Fsp3) is 0.300. The van der Waals surface area contributed by atoms with E-state index in [2.05, 4.69) is 15.5 Å². The second-order valence-corrected chi connectivity index (χ2v) is 6.34. The molecular weight excluding hydrogens is 330 g/mol. The van der Waals surface area contributed by atoms with Crippen LogP contribution in [0.3, 0.4) is 0 Å². The van der Waals surface area contributed by atoms with E-state index < -0.39 is 6.09 Å². The fourth-order valence-corrected chi connectivity index (χ4v) is 3.20. The SMILES string of the molecule is CC[C@@H]1OC(=O)NCCCOc2ccc3[nH]nc(c3c2)-c2cccc1c2. The van der Waals surface area contributed by atoms with Crippen LogP contribution in [0.1, 0.15) is 31.4 Å². The van der Waals surface area contributed by atoms with Gasteiger partial charge in [-0.15, -0.1) is 0 Å². The molecule has 0 radical (unpaired) electrons. The van der Waals surface area contributed by atoms with Crippen molar-refractivity contribution in [1.82, 2.24) is 15.5 Å². The first-order valence-electron chi connectivity index (χ1n) is 8.90. The van der Waals surface area contributed by atoms with Crippen LogP contribution in [0.15, 0.2) is 42.5 Å². The van der Waals surface area contributed by atoms with Gasteiger partial charge in [-0.05, 0) is 42.7 Å². The molecule has 2 heterocycles. The maximum absolute atomic E-state index is 12.1. The van der Waals surface area contributed by atoms with Crippen LogP contribution in [0.25, 0.3) is 22.2 Å². The normalized spacial score (nSPS) is 17.7. The number of benzene rings is 2. The summed E-state index contributed by atoms with van der Waals surface area (Å²) in [6, 6.07) is 13.9. The lowest BCUT2D eigenvalue weighted by Crippen LogP contribution is -2.27. The van der Waals surface area contributed by atoms with Gasteiger partial charge in [-0.3, -0.25) is 5.10 Å². The topological polar surface area (TPSA) is 76.2 Å². The number of rotatable bonds is 1. The Balaban J connectivity index is 1.81. The van der Waals surface area contributed by atoms with E-state index in [1.165, 1.54) is 0 Å². The Bertz CT molecular complexity index is 935. The minimum atomic E-state index is -0.403. The van der Waals surface area contributed by atoms with Crippen LogP contribution in [0.4, 0.5) is 4.79 Å². The van der Waals surface area contributed by atoms with Crippen molar-refractivity contribution < 1.29 is 14.3 Å². The third-order valence-corrected chi connectivity index (χ3v) is 4.55. The van der Waals surface area contributed by atoms with Crippen molar-refractivity contribution in [3.63, 3.8) is 0 Å². The van der Waals surface area contributed by atoms with Crippen LogP contribution in [0.5, 0.6) is 5.75 Å². The van der Waals surface area contributed by atoms with Crippen molar-refractivity contribution in [2.75, 3.05) is 13.2 Å². The molecular formula is C20H21N3O3. The first-order valence-corrected chi connectivity index (χ1v) is 8.90. The Morgan fingerprint density at radius 3 is 3.04 bits per heavy atom. The number of ether oxygens (including phenoxy) is 2. The standard InChI is InChI=1S/C20H21N3O3/c1-2-18-13-5-3-6-14(11-13)19-16-12-15(7-8-17(16)22-23-19)25-10-4-9-21-20(24)26-18/h3,5-8,11-12,18H,2,4,9-10H2,1H3,(H,21,24)(H,22,23)/t18-/m0/s1. The van der Waals surface area contributed by atoms with E-state index in [0.29, 0.717) is 26.0 Å². The lowest BCUT2D eigenvalue weighted by atomic mass is 10.0. The van der Waals surface area contributed by atoms with E-state index >= 15 is 0 Å². The van der Waals surface area contributed by atoms with E-state index in [1.54, 1.807) is 0 Å². The van der Waals surface area contributed by atoms with Crippen molar-refractivity contribution >= 4 is 17.0 Å². The molecule has 0 spiro atoms. The molecule has 1 atom stereocenters. The Morgan fingerprint density at radius 2 is 2.15 bits per heavy atom. The van der Waals surface area contributed by atoms with Gasteiger partial charge in [0.05, 0.1) is 12.1 Å². The number of nitrogens with one attached hydrogen (secondary N) is 2. The van der Waals surface area contributed by atoms with Gasteiger partial charge in [0, 0.05) is 17.5 Å². The third kappa shape index (κ3) is 3.22. The molecule has 3 aromatic rings. The molecule has 1 aromatic heterocycles. The lowest BCUT2D eigenvalue weighted by Gasteiger charge is -2.17. The Labute approximate surface area is 151 Å². The number of nitrogens with zero attached hydrogens (tertiary/aromatic N) is 1. The summed E-state index contributed by atoms with van der Waals surface area (Å²) < 4.78 is 11.4. The number of hydrogen-bond donors (Lipinski definition) is 2. The van der Waals surface area contributed by atoms with Crippen LogP contribution < -0.4 is 10.1 Å². The minimum Gasteiger partial charge on any atom is -0.494 e. The Morgan fingerprint density at radius 1 is 1.23 bits per heavy atom. The summed E-state index contributed by atoms with van der Waals surface area (Å²) in [6.45, 7) is 3.03. The molecule has 0 saturated heterocycles. The summed E-state index contributed by atoms with van der Waals surface area (Å²) in [5, 5.41) is 11.4. The number of aromatic amines is 1. The third-order valence-electron chi connectivity index (χ3n) is 4.55. The molecule has 6 nitrogen and oxygen atoms in total. The maximum Gasteiger partial charge on any atom is 0.407 e. The lowest BCUT2D eigenvalue weighted by molar-refractivity contribution is 0.0949. The zero-order valence-corrected chi connectivity index (χ0v) is 14.6. The van der Waals surface area contributed by atoms with Crippen LogP contribution in [0, 0.1) is 0 Å². The molecule has 2 aromatic carbocycles. The molecule has 4 bridgehead atoms. The average Bonchev–Trinajstić information content (AvgIpc) is 3.08. The van der Waals surface area contributed by atoms with Gasteiger partial charge >= 0.3 is 6.09 Å². The maximum atomic E-state index is 12.1. The summed E-state index contributed by atoms with van der Waals surface area (Å²) in [5.74, 6) is 0.792. The van der Waals surface area contributed by atoms with Gasteiger partial charge in [-0.25, -0.2) is 4.79 Å². The van der Waals surface area contributed by atoms with Crippen molar-refractivity contribution in [2.24, 2.45) is 0 Å². The van der Waals surface area contributed by atoms with Crippen LogP contribution in [-0.4, -0.2) is 29.4 Å². The number of carbonyl (C=O) groups is 1. The molecule has 0 fully saturated rings. The van der Waals surface area contributed by atoms with E-state index in [4.69, 9.17) is 9.47 Å². The number of H-pyrrole nitrogens is 1. The molecule has 1 aliphatic rings. The molecule has 1 aliphatic heterocycles. The van der Waals surface area contributed by atoms with Crippen LogP contribution in [0.2, 0.25) is 0 Å². The minimum absolute atomic E-state index is 0.294. The number of hydrogen-bond acceptors (Lipinski definition) is 4. The highest BCUT2D eigenvalue weighted by Crippen LogP contribution is 2.32. The highest BCUT2D eigenvalue weighted by Gasteiger charge is 2.17. The first-order chi connectivity index (χ1) is 12.7. The van der Waals surface area contributed by atoms with E-state index in [1.807, 2.05) is 49.4 Å². The van der Waals surface area contributed by atoms with Gasteiger partial charge in [-0.2, -0.15) is 5.10 Å². The zero-order valence-electron chi connectivity index (χ0n) is 14.6. The van der Waals surface area contributed by atoms with Gasteiger partial charge in [0.25, 0.3) is 0 Å². The first kappa shape index (κ1) is 16.4. The second kappa shape index (κ2) is 7.07. The molecule has 134 valence electrons. The molecule has 26 heavy (non-hydrogen) atoms. The van der Waals surface area contributed by atoms with Crippen molar-refractivity contribution in [2.45, 2.75) is 25.9 Å². The summed E-state index contributed by atoms with van der Waals surface area (Å²) in [6.07, 6.45) is 0.707. The van der Waals surface area contributed by atoms with Crippen molar-refractivity contribution in [1.29, 1.82) is 0 Å². The number of fused-ring (bicyclic) bond motifs is 4. The quantitative estimate of drug-likeness (QED) is 0.689. The smallest absolute Gasteiger partial charge is 0.407 e. The Hall–Kier alpha value is -3.02. The predicted octanol–water partition coefficient (Wildman–Crippen LogP) is 4.19. The number of cyclic esters (lactones) is 1. The van der Waals surface area contributed by atoms with Gasteiger partial charge in [0.1, 0.15) is 17.5 Å². The van der Waals surface area contributed by atoms with Gasteiger partial charge in [0.15, 0.2) is 0 Å². The highest BCUT2D eigenvalue weighted by molar-refractivity contribution is 5.93. The molecule has 1 amide bonds. The predicted molar refractivity (Wildman–Crippen MR) is 99.2 cm³/mol. The van der Waals surface area contributed by atoms with Gasteiger partial charge in [-0.1, -0.05) is 25.1 Å². The summed E-state index contributed by atoms with van der Waals surface area (Å²) in [7, 11) is 0. The second-order valence-electron chi connectivity index (χ2n) is 6.34. The number of alkyl carbamates (subject to hydrolysis) is 1. The Kier molecular flexibility index (Phi) is 4.48. The summed E-state index contributed by atoms with van der Waals surface area (Å²) in [4.78, 5) is 12.1. The highest BCUT2D eigenvalue weighted by atomic mass is 16.6.